The second kappa shape index (κ2) is 14.5. The molecule has 2 aromatic carbocycles. The lowest BCUT2D eigenvalue weighted by molar-refractivity contribution is -0.111. The molecule has 48 heavy (non-hydrogen) atoms. The summed E-state index contributed by atoms with van der Waals surface area (Å²) < 4.78 is 1.83. The third-order valence-corrected chi connectivity index (χ3v) is 8.96. The minimum absolute atomic E-state index is 0.153. The zero-order valence-electron chi connectivity index (χ0n) is 28.8. The number of likely N-dealkylation sites (N-methyl/N-ethyl adjacent to an activating group) is 1. The number of amides is 1. The summed E-state index contributed by atoms with van der Waals surface area (Å²) in [5.41, 5.74) is 5.67. The predicted molar refractivity (Wildman–Crippen MR) is 195 cm³/mol. The molecule has 2 N–H and O–H groups in total. The number of carbonyl (C=O) groups excluding carboxylic acids is 1. The number of nitrogens with zero attached hydrogens (tertiary/aromatic N) is 8. The molecule has 1 amide bonds. The fraction of sp³-hybridized carbons (Fsp3) is 0.378. The van der Waals surface area contributed by atoms with Crippen molar-refractivity contribution in [2.75, 3.05) is 63.4 Å². The smallest absolute Gasteiger partial charge is 0.248 e. The minimum atomic E-state index is -0.153. The Hall–Kier alpha value is -4.87. The lowest BCUT2D eigenvalue weighted by Gasteiger charge is -2.35. The number of anilines is 3. The average Bonchev–Trinajstić information content (AvgIpc) is 3.51. The molecular weight excluding hydrogens is 600 g/mol. The van der Waals surface area contributed by atoms with Crippen LogP contribution in [0.1, 0.15) is 43.7 Å². The maximum atomic E-state index is 12.5. The third kappa shape index (κ3) is 7.32. The Bertz CT molecular complexity index is 1920. The van der Waals surface area contributed by atoms with Gasteiger partial charge >= 0.3 is 0 Å². The molecule has 6 rings (SSSR count). The first kappa shape index (κ1) is 33.0. The predicted octanol–water partition coefficient (Wildman–Crippen LogP) is 5.66. The quantitative estimate of drug-likeness (QED) is 0.176. The van der Waals surface area contributed by atoms with Crippen molar-refractivity contribution in [2.24, 2.45) is 0 Å². The highest BCUT2D eigenvalue weighted by Crippen LogP contribution is 2.32. The van der Waals surface area contributed by atoms with Crippen molar-refractivity contribution in [3.63, 3.8) is 0 Å². The molecule has 0 aliphatic carbocycles. The summed E-state index contributed by atoms with van der Waals surface area (Å²) in [7, 11) is 8.24. The number of piperidine rings is 1. The van der Waals surface area contributed by atoms with Gasteiger partial charge in [-0.25, -0.2) is 0 Å². The van der Waals surface area contributed by atoms with E-state index in [1.165, 1.54) is 0 Å². The van der Waals surface area contributed by atoms with E-state index in [9.17, 15) is 4.79 Å². The molecule has 0 spiro atoms. The second-order valence-corrected chi connectivity index (χ2v) is 13.3. The molecular formula is C37H46N10O. The Labute approximate surface area is 282 Å². The van der Waals surface area contributed by atoms with E-state index >= 15 is 0 Å². The van der Waals surface area contributed by atoms with Gasteiger partial charge in [0.25, 0.3) is 0 Å². The van der Waals surface area contributed by atoms with Gasteiger partial charge in [-0.05, 0) is 76.1 Å². The second-order valence-electron chi connectivity index (χ2n) is 13.3. The number of hydrogen-bond acceptors (Lipinski definition) is 9. The van der Waals surface area contributed by atoms with E-state index in [2.05, 4.69) is 60.5 Å². The number of hydrogen-bond donors (Lipinski definition) is 2. The van der Waals surface area contributed by atoms with E-state index < -0.39 is 0 Å². The van der Waals surface area contributed by atoms with Gasteiger partial charge in [0.05, 0.1) is 11.9 Å². The number of benzene rings is 2. The standard InChI is InChI=1S/C37H46N10O/c1-25(2)32-24-40-47-35(32)42-37(46-20-16-29(17-21-46)45(5)6)43-36(47)39-23-27-10-7-8-11-30(27)34-31-14-13-28(22-26(31)15-18-38-34)41-33(48)12-9-19-44(3)4/h7-15,18,22,24-25,29H,16-17,19-21,23H2,1-6H3,(H,41,48)(H,39,42,43)/b12-9+. The van der Waals surface area contributed by atoms with Crippen LogP contribution in [0.15, 0.2) is 73.1 Å². The zero-order valence-corrected chi connectivity index (χ0v) is 28.8. The monoisotopic (exact) mass is 646 g/mol. The fourth-order valence-corrected chi connectivity index (χ4v) is 6.23. The highest BCUT2D eigenvalue weighted by Gasteiger charge is 2.24. The molecule has 4 heterocycles. The first-order valence-corrected chi connectivity index (χ1v) is 16.7. The van der Waals surface area contributed by atoms with Crippen LogP contribution >= 0.6 is 0 Å². The van der Waals surface area contributed by atoms with Crippen LogP contribution in [-0.4, -0.2) is 94.1 Å². The molecule has 1 aliphatic heterocycles. The van der Waals surface area contributed by atoms with E-state index in [0.717, 1.165) is 76.4 Å². The van der Waals surface area contributed by atoms with Crippen molar-refractivity contribution < 1.29 is 4.79 Å². The minimum Gasteiger partial charge on any atom is -0.350 e. The van der Waals surface area contributed by atoms with Gasteiger partial charge in [0.1, 0.15) is 0 Å². The molecule has 1 fully saturated rings. The molecule has 11 nitrogen and oxygen atoms in total. The molecule has 0 atom stereocenters. The van der Waals surface area contributed by atoms with Gasteiger partial charge in [-0.15, -0.1) is 0 Å². The summed E-state index contributed by atoms with van der Waals surface area (Å²) in [6.07, 6.45) is 9.30. The summed E-state index contributed by atoms with van der Waals surface area (Å²) in [6.45, 7) is 7.39. The van der Waals surface area contributed by atoms with Gasteiger partial charge in [0.15, 0.2) is 5.65 Å². The number of rotatable bonds is 11. The Kier molecular flexibility index (Phi) is 9.98. The molecule has 0 radical (unpaired) electrons. The van der Waals surface area contributed by atoms with Crippen LogP contribution in [0.5, 0.6) is 0 Å². The maximum Gasteiger partial charge on any atom is 0.248 e. The van der Waals surface area contributed by atoms with E-state index in [4.69, 9.17) is 20.1 Å². The molecule has 250 valence electrons. The molecule has 1 saturated heterocycles. The van der Waals surface area contributed by atoms with Crippen LogP contribution in [0.4, 0.5) is 17.6 Å². The van der Waals surface area contributed by atoms with Crippen LogP contribution in [0, 0.1) is 0 Å². The van der Waals surface area contributed by atoms with E-state index in [1.807, 2.05) is 78.4 Å². The topological polar surface area (TPSA) is 107 Å². The van der Waals surface area contributed by atoms with E-state index in [-0.39, 0.29) is 11.8 Å². The van der Waals surface area contributed by atoms with Crippen molar-refractivity contribution >= 4 is 39.9 Å². The lowest BCUT2D eigenvalue weighted by Crippen LogP contribution is -2.42. The van der Waals surface area contributed by atoms with Crippen molar-refractivity contribution in [3.8, 4) is 11.3 Å². The number of carbonyl (C=O) groups is 1. The van der Waals surface area contributed by atoms with Crippen molar-refractivity contribution in [1.29, 1.82) is 0 Å². The molecule has 0 bridgehead atoms. The average molecular weight is 647 g/mol. The molecule has 11 heteroatoms. The number of aromatic nitrogens is 5. The summed E-state index contributed by atoms with van der Waals surface area (Å²) in [4.78, 5) is 34.0. The maximum absolute atomic E-state index is 12.5. The lowest BCUT2D eigenvalue weighted by atomic mass is 9.99. The summed E-state index contributed by atoms with van der Waals surface area (Å²) in [5.74, 6) is 1.53. The van der Waals surface area contributed by atoms with Gasteiger partial charge in [0, 0.05) is 66.7 Å². The van der Waals surface area contributed by atoms with Gasteiger partial charge in [-0.2, -0.15) is 19.6 Å². The molecule has 0 unspecified atom stereocenters. The molecule has 5 aromatic rings. The van der Waals surface area contributed by atoms with Crippen LogP contribution in [0.2, 0.25) is 0 Å². The van der Waals surface area contributed by atoms with Crippen LogP contribution < -0.4 is 15.5 Å². The Morgan fingerprint density at radius 3 is 2.58 bits per heavy atom. The van der Waals surface area contributed by atoms with Crippen LogP contribution in [0.25, 0.3) is 27.7 Å². The van der Waals surface area contributed by atoms with Gasteiger partial charge < -0.3 is 25.3 Å². The van der Waals surface area contributed by atoms with E-state index in [0.29, 0.717) is 25.1 Å². The molecule has 3 aromatic heterocycles. The number of fused-ring (bicyclic) bond motifs is 2. The van der Waals surface area contributed by atoms with Crippen molar-refractivity contribution in [2.45, 2.75) is 45.2 Å². The van der Waals surface area contributed by atoms with Gasteiger partial charge in [-0.3, -0.25) is 9.78 Å². The zero-order chi connectivity index (χ0) is 33.8. The SMILES string of the molecule is CC(C)c1cnn2c(NCc3ccccc3-c3nccc4cc(NC(=O)/C=C/CN(C)C)ccc34)nc(N3CCC(N(C)C)CC3)nc12. The fourth-order valence-electron chi connectivity index (χ4n) is 6.23. The number of pyridine rings is 1. The van der Waals surface area contributed by atoms with Gasteiger partial charge in [-0.1, -0.05) is 50.3 Å². The Morgan fingerprint density at radius 2 is 1.83 bits per heavy atom. The first-order chi connectivity index (χ1) is 23.2. The molecule has 1 aliphatic rings. The Balaban J connectivity index is 1.27. The first-order valence-electron chi connectivity index (χ1n) is 16.7. The molecule has 0 saturated carbocycles. The van der Waals surface area contributed by atoms with Crippen LogP contribution in [-0.2, 0) is 11.3 Å². The summed E-state index contributed by atoms with van der Waals surface area (Å²) in [6, 6.07) is 16.8. The third-order valence-electron chi connectivity index (χ3n) is 8.96. The largest absolute Gasteiger partial charge is 0.350 e. The normalized spacial score (nSPS) is 14.3. The van der Waals surface area contributed by atoms with E-state index in [1.54, 1.807) is 6.08 Å². The summed E-state index contributed by atoms with van der Waals surface area (Å²) >= 11 is 0. The highest BCUT2D eigenvalue weighted by atomic mass is 16.1. The number of nitrogens with one attached hydrogen (secondary N) is 2. The van der Waals surface area contributed by atoms with Crippen LogP contribution in [0.3, 0.4) is 0 Å². The van der Waals surface area contributed by atoms with Gasteiger partial charge in [0.2, 0.25) is 17.8 Å². The highest BCUT2D eigenvalue weighted by molar-refractivity contribution is 6.02. The van der Waals surface area contributed by atoms with Crippen molar-refractivity contribution in [3.05, 3.63) is 84.2 Å². The summed E-state index contributed by atoms with van der Waals surface area (Å²) in [5, 5.41) is 13.3. The van der Waals surface area contributed by atoms with Crippen molar-refractivity contribution in [1.82, 2.24) is 34.4 Å². The Morgan fingerprint density at radius 1 is 1.04 bits per heavy atom.